The lowest BCUT2D eigenvalue weighted by Crippen LogP contribution is -2.26. The highest BCUT2D eigenvalue weighted by Gasteiger charge is 2.20. The van der Waals surface area contributed by atoms with Crippen LogP contribution in [0.3, 0.4) is 0 Å². The van der Waals surface area contributed by atoms with Crippen molar-refractivity contribution in [3.05, 3.63) is 84.4 Å². The Kier molecular flexibility index (Phi) is 5.14. The third kappa shape index (κ3) is 4.07. The fourth-order valence-electron chi connectivity index (χ4n) is 2.72. The van der Waals surface area contributed by atoms with E-state index in [4.69, 9.17) is 10.5 Å². The third-order valence-corrected chi connectivity index (χ3v) is 4.08. The monoisotopic (exact) mass is 331 g/mol. The number of nitrogens with two attached hydrogens (primary N) is 1. The van der Waals surface area contributed by atoms with Crippen LogP contribution in [0.2, 0.25) is 0 Å². The Balaban J connectivity index is 1.76. The van der Waals surface area contributed by atoms with Crippen LogP contribution in [-0.4, -0.2) is 11.9 Å². The highest BCUT2D eigenvalue weighted by Crippen LogP contribution is 2.22. The fraction of sp³-hybridized carbons (Fsp3) is 0.136. The number of rotatable bonds is 6. The summed E-state index contributed by atoms with van der Waals surface area (Å²) < 4.78 is 5.85. The van der Waals surface area contributed by atoms with Gasteiger partial charge >= 0.3 is 0 Å². The van der Waals surface area contributed by atoms with Gasteiger partial charge in [-0.05, 0) is 29.7 Å². The van der Waals surface area contributed by atoms with Gasteiger partial charge in [0.05, 0.1) is 0 Å². The van der Waals surface area contributed by atoms with Crippen molar-refractivity contribution >= 4 is 11.5 Å². The van der Waals surface area contributed by atoms with Gasteiger partial charge in [0.25, 0.3) is 0 Å². The van der Waals surface area contributed by atoms with E-state index in [1.807, 2.05) is 61.5 Å². The van der Waals surface area contributed by atoms with Gasteiger partial charge in [0.1, 0.15) is 5.75 Å². The Hall–Kier alpha value is -3.07. The molecule has 0 aliphatic carbocycles. The molecule has 3 rings (SSSR count). The first-order valence-corrected chi connectivity index (χ1v) is 8.39. The number of carbonyl (C=O) groups excluding carboxylic acids is 1. The van der Waals surface area contributed by atoms with Crippen LogP contribution >= 0.6 is 0 Å². The standard InChI is InChI=1S/C22H21NO2/c1-2-21(25-20-10-6-9-19(23)15-20)22(24)18-13-11-17(12-14-18)16-7-4-3-5-8-16/h3-15,21H,2,23H2,1H3. The molecular weight excluding hydrogens is 310 g/mol. The molecule has 3 nitrogen and oxygen atoms in total. The van der Waals surface area contributed by atoms with Crippen LogP contribution < -0.4 is 10.5 Å². The predicted octanol–water partition coefficient (Wildman–Crippen LogP) is 4.98. The van der Waals surface area contributed by atoms with E-state index in [1.165, 1.54) is 0 Å². The van der Waals surface area contributed by atoms with Gasteiger partial charge in [0, 0.05) is 17.3 Å². The number of benzene rings is 3. The van der Waals surface area contributed by atoms with Gasteiger partial charge in [0.2, 0.25) is 5.78 Å². The molecule has 0 spiro atoms. The van der Waals surface area contributed by atoms with Crippen molar-refractivity contribution in [1.29, 1.82) is 0 Å². The zero-order valence-electron chi connectivity index (χ0n) is 14.2. The minimum absolute atomic E-state index is 0.0236. The third-order valence-electron chi connectivity index (χ3n) is 4.08. The van der Waals surface area contributed by atoms with E-state index >= 15 is 0 Å². The molecule has 0 saturated carbocycles. The topological polar surface area (TPSA) is 52.3 Å². The molecule has 0 aliphatic rings. The molecule has 1 atom stereocenters. The number of carbonyl (C=O) groups is 1. The molecule has 126 valence electrons. The van der Waals surface area contributed by atoms with Crippen LogP contribution in [-0.2, 0) is 0 Å². The number of hydrogen-bond donors (Lipinski definition) is 1. The number of ketones is 1. The predicted molar refractivity (Wildman–Crippen MR) is 102 cm³/mol. The van der Waals surface area contributed by atoms with E-state index in [0.717, 1.165) is 11.1 Å². The van der Waals surface area contributed by atoms with Crippen LogP contribution in [0.15, 0.2) is 78.9 Å². The van der Waals surface area contributed by atoms with Crippen molar-refractivity contribution in [1.82, 2.24) is 0 Å². The summed E-state index contributed by atoms with van der Waals surface area (Å²) in [6.07, 6.45) is 0.0676. The first kappa shape index (κ1) is 16.8. The smallest absolute Gasteiger partial charge is 0.203 e. The molecule has 0 fully saturated rings. The van der Waals surface area contributed by atoms with E-state index in [9.17, 15) is 4.79 Å². The second kappa shape index (κ2) is 7.67. The lowest BCUT2D eigenvalue weighted by molar-refractivity contribution is 0.0786. The number of hydrogen-bond acceptors (Lipinski definition) is 3. The molecule has 0 amide bonds. The van der Waals surface area contributed by atoms with E-state index in [0.29, 0.717) is 23.4 Å². The van der Waals surface area contributed by atoms with Crippen LogP contribution in [0, 0.1) is 0 Å². The molecule has 1 unspecified atom stereocenters. The number of anilines is 1. The van der Waals surface area contributed by atoms with Crippen LogP contribution in [0.4, 0.5) is 5.69 Å². The highest BCUT2D eigenvalue weighted by atomic mass is 16.5. The van der Waals surface area contributed by atoms with E-state index in [2.05, 4.69) is 12.1 Å². The van der Waals surface area contributed by atoms with Crippen LogP contribution in [0.5, 0.6) is 5.75 Å². The summed E-state index contributed by atoms with van der Waals surface area (Å²) >= 11 is 0. The van der Waals surface area contributed by atoms with E-state index < -0.39 is 6.10 Å². The van der Waals surface area contributed by atoms with Gasteiger partial charge in [0.15, 0.2) is 6.10 Å². The zero-order valence-corrected chi connectivity index (χ0v) is 14.2. The average molecular weight is 331 g/mol. The Labute approximate surface area is 148 Å². The summed E-state index contributed by atoms with van der Waals surface area (Å²) in [5, 5.41) is 0. The lowest BCUT2D eigenvalue weighted by Gasteiger charge is -2.17. The number of Topliss-reactive ketones (excluding diaryl/α,β-unsaturated/α-hetero) is 1. The molecule has 0 radical (unpaired) electrons. The minimum Gasteiger partial charge on any atom is -0.482 e. The van der Waals surface area contributed by atoms with E-state index in [1.54, 1.807) is 12.1 Å². The van der Waals surface area contributed by atoms with Gasteiger partial charge in [-0.25, -0.2) is 0 Å². The van der Waals surface area contributed by atoms with Gasteiger partial charge < -0.3 is 10.5 Å². The fourth-order valence-corrected chi connectivity index (χ4v) is 2.72. The minimum atomic E-state index is -0.524. The van der Waals surface area contributed by atoms with Gasteiger partial charge in [-0.15, -0.1) is 0 Å². The molecule has 2 N–H and O–H groups in total. The first-order chi connectivity index (χ1) is 12.2. The Morgan fingerprint density at radius 2 is 1.60 bits per heavy atom. The van der Waals surface area contributed by atoms with Gasteiger partial charge in [-0.3, -0.25) is 4.79 Å². The summed E-state index contributed by atoms with van der Waals surface area (Å²) in [5.41, 5.74) is 9.25. The summed E-state index contributed by atoms with van der Waals surface area (Å²) in [6.45, 7) is 1.94. The number of nitrogen functional groups attached to an aromatic ring is 1. The Bertz CT molecular complexity index is 841. The van der Waals surface area contributed by atoms with Crippen LogP contribution in [0.1, 0.15) is 23.7 Å². The van der Waals surface area contributed by atoms with Crippen molar-refractivity contribution in [3.63, 3.8) is 0 Å². The molecule has 0 aromatic heterocycles. The summed E-state index contributed by atoms with van der Waals surface area (Å²) in [6, 6.07) is 24.9. The Morgan fingerprint density at radius 1 is 0.920 bits per heavy atom. The maximum Gasteiger partial charge on any atom is 0.203 e. The largest absolute Gasteiger partial charge is 0.482 e. The van der Waals surface area contributed by atoms with E-state index in [-0.39, 0.29) is 5.78 Å². The SMILES string of the molecule is CCC(Oc1cccc(N)c1)C(=O)c1ccc(-c2ccccc2)cc1. The maximum atomic E-state index is 12.8. The molecule has 0 heterocycles. The molecule has 0 bridgehead atoms. The summed E-state index contributed by atoms with van der Waals surface area (Å²) in [7, 11) is 0. The summed E-state index contributed by atoms with van der Waals surface area (Å²) in [4.78, 5) is 12.8. The molecule has 25 heavy (non-hydrogen) atoms. The molecular formula is C22H21NO2. The van der Waals surface area contributed by atoms with Crippen molar-refractivity contribution in [2.75, 3.05) is 5.73 Å². The summed E-state index contributed by atoms with van der Waals surface area (Å²) in [5.74, 6) is 0.589. The first-order valence-electron chi connectivity index (χ1n) is 8.39. The van der Waals surface area contributed by atoms with Crippen molar-refractivity contribution in [2.45, 2.75) is 19.4 Å². The number of ether oxygens (including phenoxy) is 1. The molecule has 3 heteroatoms. The van der Waals surface area contributed by atoms with Crippen LogP contribution in [0.25, 0.3) is 11.1 Å². The molecule has 0 saturated heterocycles. The second-order valence-corrected chi connectivity index (χ2v) is 5.89. The lowest BCUT2D eigenvalue weighted by atomic mass is 10.00. The second-order valence-electron chi connectivity index (χ2n) is 5.89. The highest BCUT2D eigenvalue weighted by molar-refractivity contribution is 6.00. The van der Waals surface area contributed by atoms with Crippen molar-refractivity contribution in [2.24, 2.45) is 0 Å². The molecule has 3 aromatic carbocycles. The normalized spacial score (nSPS) is 11.7. The maximum absolute atomic E-state index is 12.8. The van der Waals surface area contributed by atoms with Gasteiger partial charge in [-0.2, -0.15) is 0 Å². The molecule has 0 aliphatic heterocycles. The quantitative estimate of drug-likeness (QED) is 0.512. The van der Waals surface area contributed by atoms with Crippen molar-refractivity contribution in [3.8, 4) is 16.9 Å². The molecule has 3 aromatic rings. The van der Waals surface area contributed by atoms with Gasteiger partial charge in [-0.1, -0.05) is 67.6 Å². The average Bonchev–Trinajstić information content (AvgIpc) is 2.66. The van der Waals surface area contributed by atoms with Crippen molar-refractivity contribution < 1.29 is 9.53 Å². The zero-order chi connectivity index (χ0) is 17.6. The Morgan fingerprint density at radius 3 is 2.24 bits per heavy atom.